The van der Waals surface area contributed by atoms with Gasteiger partial charge in [-0.25, -0.2) is 0 Å². The van der Waals surface area contributed by atoms with Gasteiger partial charge in [-0.2, -0.15) is 5.10 Å². The summed E-state index contributed by atoms with van der Waals surface area (Å²) in [6.45, 7) is 5.88. The molecule has 1 unspecified atom stereocenters. The van der Waals surface area contributed by atoms with Gasteiger partial charge in [0.05, 0.1) is 4.92 Å². The molecule has 0 aliphatic heterocycles. The first kappa shape index (κ1) is 16.1. The molecule has 1 amide bonds. The van der Waals surface area contributed by atoms with E-state index in [-0.39, 0.29) is 11.6 Å². The summed E-state index contributed by atoms with van der Waals surface area (Å²) in [5.41, 5.74) is 0.655. The Morgan fingerprint density at radius 3 is 2.70 bits per heavy atom. The van der Waals surface area contributed by atoms with E-state index in [0.717, 1.165) is 0 Å². The first-order chi connectivity index (χ1) is 9.40. The molecule has 8 heteroatoms. The third-order valence-electron chi connectivity index (χ3n) is 3.04. The van der Waals surface area contributed by atoms with Crippen LogP contribution in [0.4, 0.5) is 5.69 Å². The molecule has 0 aliphatic rings. The standard InChI is InChI=1S/C12H20N4O4/c1-8-11(16(18)19)9(2)15(14-8)10(3)12(17)13-6-5-7-20-4/h10H,5-7H2,1-4H3,(H,13,17). The van der Waals surface area contributed by atoms with Crippen LogP contribution in [0.1, 0.15) is 30.8 Å². The van der Waals surface area contributed by atoms with Gasteiger partial charge in [0.25, 0.3) is 0 Å². The van der Waals surface area contributed by atoms with Crippen molar-refractivity contribution >= 4 is 11.6 Å². The lowest BCUT2D eigenvalue weighted by atomic mass is 10.2. The van der Waals surface area contributed by atoms with Crippen LogP contribution in [0.15, 0.2) is 0 Å². The van der Waals surface area contributed by atoms with Gasteiger partial charge in [0.15, 0.2) is 0 Å². The number of nitrogens with one attached hydrogen (secondary N) is 1. The maximum Gasteiger partial charge on any atom is 0.312 e. The van der Waals surface area contributed by atoms with Gasteiger partial charge in [-0.05, 0) is 27.2 Å². The van der Waals surface area contributed by atoms with Crippen molar-refractivity contribution in [2.24, 2.45) is 0 Å². The molecular weight excluding hydrogens is 264 g/mol. The molecular formula is C12H20N4O4. The van der Waals surface area contributed by atoms with Crippen molar-refractivity contribution in [2.45, 2.75) is 33.2 Å². The average molecular weight is 284 g/mol. The smallest absolute Gasteiger partial charge is 0.312 e. The summed E-state index contributed by atoms with van der Waals surface area (Å²) in [6, 6.07) is -0.593. The Morgan fingerprint density at radius 1 is 1.55 bits per heavy atom. The number of carbonyl (C=O) groups is 1. The van der Waals surface area contributed by atoms with E-state index < -0.39 is 11.0 Å². The number of nitro groups is 1. The van der Waals surface area contributed by atoms with Crippen LogP contribution in [0.3, 0.4) is 0 Å². The lowest BCUT2D eigenvalue weighted by Gasteiger charge is -2.13. The number of aromatic nitrogens is 2. The van der Waals surface area contributed by atoms with Crippen LogP contribution in [0.25, 0.3) is 0 Å². The van der Waals surface area contributed by atoms with Gasteiger partial charge in [-0.15, -0.1) is 0 Å². The van der Waals surface area contributed by atoms with Crippen LogP contribution in [-0.4, -0.2) is 40.9 Å². The highest BCUT2D eigenvalue weighted by atomic mass is 16.6. The number of hydrogen-bond donors (Lipinski definition) is 1. The Balaban J connectivity index is 2.77. The predicted molar refractivity (Wildman–Crippen MR) is 72.6 cm³/mol. The van der Waals surface area contributed by atoms with E-state index in [1.165, 1.54) is 4.68 Å². The lowest BCUT2D eigenvalue weighted by molar-refractivity contribution is -0.386. The minimum absolute atomic E-state index is 0.0379. The highest BCUT2D eigenvalue weighted by molar-refractivity contribution is 5.80. The van der Waals surface area contributed by atoms with Gasteiger partial charge < -0.3 is 10.1 Å². The molecule has 0 fully saturated rings. The van der Waals surface area contributed by atoms with Gasteiger partial charge in [0.2, 0.25) is 5.91 Å². The minimum Gasteiger partial charge on any atom is -0.385 e. The summed E-state index contributed by atoms with van der Waals surface area (Å²) in [7, 11) is 1.60. The second-order valence-corrected chi connectivity index (χ2v) is 4.53. The molecule has 0 aliphatic carbocycles. The average Bonchev–Trinajstić information content (AvgIpc) is 2.68. The van der Waals surface area contributed by atoms with Crippen LogP contribution < -0.4 is 5.32 Å². The second-order valence-electron chi connectivity index (χ2n) is 4.53. The Bertz CT molecular complexity index is 498. The van der Waals surface area contributed by atoms with Crippen LogP contribution in [0.2, 0.25) is 0 Å². The van der Waals surface area contributed by atoms with E-state index in [1.54, 1.807) is 27.9 Å². The van der Waals surface area contributed by atoms with E-state index in [1.807, 2.05) is 0 Å². The minimum atomic E-state index is -0.593. The largest absolute Gasteiger partial charge is 0.385 e. The zero-order chi connectivity index (χ0) is 15.3. The highest BCUT2D eigenvalue weighted by Gasteiger charge is 2.26. The van der Waals surface area contributed by atoms with Crippen molar-refractivity contribution in [3.63, 3.8) is 0 Å². The molecule has 112 valence electrons. The van der Waals surface area contributed by atoms with Crippen molar-refractivity contribution in [2.75, 3.05) is 20.3 Å². The SMILES string of the molecule is COCCCNC(=O)C(C)n1nc(C)c([N+](=O)[O-])c1C. The fourth-order valence-electron chi connectivity index (χ4n) is 1.98. The molecule has 0 saturated carbocycles. The monoisotopic (exact) mass is 284 g/mol. The summed E-state index contributed by atoms with van der Waals surface area (Å²) in [5.74, 6) is -0.221. The number of hydrogen-bond acceptors (Lipinski definition) is 5. The Kier molecular flexibility index (Phi) is 5.63. The number of ether oxygens (including phenoxy) is 1. The molecule has 1 rings (SSSR count). The van der Waals surface area contributed by atoms with Gasteiger partial charge in [-0.1, -0.05) is 0 Å². The predicted octanol–water partition coefficient (Wildman–Crippen LogP) is 1.12. The molecule has 1 heterocycles. The molecule has 8 nitrogen and oxygen atoms in total. The summed E-state index contributed by atoms with van der Waals surface area (Å²) < 4.78 is 6.28. The second kappa shape index (κ2) is 6.99. The summed E-state index contributed by atoms with van der Waals surface area (Å²) in [6.07, 6.45) is 0.715. The summed E-state index contributed by atoms with van der Waals surface area (Å²) in [5, 5.41) is 17.8. The van der Waals surface area contributed by atoms with Crippen molar-refractivity contribution < 1.29 is 14.5 Å². The maximum atomic E-state index is 12.0. The number of amides is 1. The summed E-state index contributed by atoms with van der Waals surface area (Å²) in [4.78, 5) is 22.4. The van der Waals surface area contributed by atoms with E-state index in [0.29, 0.717) is 31.0 Å². The normalized spacial score (nSPS) is 12.2. The number of carbonyl (C=O) groups excluding carboxylic acids is 1. The van der Waals surface area contributed by atoms with Gasteiger partial charge in [0, 0.05) is 20.3 Å². The summed E-state index contributed by atoms with van der Waals surface area (Å²) >= 11 is 0. The van der Waals surface area contributed by atoms with E-state index in [2.05, 4.69) is 10.4 Å². The molecule has 20 heavy (non-hydrogen) atoms. The number of nitrogens with zero attached hydrogens (tertiary/aromatic N) is 3. The molecule has 0 spiro atoms. The van der Waals surface area contributed by atoms with E-state index in [9.17, 15) is 14.9 Å². The van der Waals surface area contributed by atoms with Crippen molar-refractivity contribution in [1.82, 2.24) is 15.1 Å². The molecule has 1 N–H and O–H groups in total. The zero-order valence-electron chi connectivity index (χ0n) is 12.2. The van der Waals surface area contributed by atoms with Crippen LogP contribution in [0.5, 0.6) is 0 Å². The Labute approximate surface area is 117 Å². The molecule has 1 aromatic heterocycles. The van der Waals surface area contributed by atoms with Gasteiger partial charge in [-0.3, -0.25) is 19.6 Å². The lowest BCUT2D eigenvalue weighted by Crippen LogP contribution is -2.33. The molecule has 0 radical (unpaired) electrons. The van der Waals surface area contributed by atoms with Gasteiger partial charge in [0.1, 0.15) is 17.4 Å². The molecule has 1 atom stereocenters. The third-order valence-corrected chi connectivity index (χ3v) is 3.04. The number of methoxy groups -OCH3 is 1. The van der Waals surface area contributed by atoms with E-state index >= 15 is 0 Å². The van der Waals surface area contributed by atoms with Crippen LogP contribution in [0, 0.1) is 24.0 Å². The van der Waals surface area contributed by atoms with Crippen LogP contribution in [-0.2, 0) is 9.53 Å². The van der Waals surface area contributed by atoms with E-state index in [4.69, 9.17) is 4.74 Å². The molecule has 0 bridgehead atoms. The zero-order valence-corrected chi connectivity index (χ0v) is 12.2. The highest BCUT2D eigenvalue weighted by Crippen LogP contribution is 2.24. The van der Waals surface area contributed by atoms with Crippen molar-refractivity contribution in [3.05, 3.63) is 21.5 Å². The molecule has 0 aromatic carbocycles. The van der Waals surface area contributed by atoms with Gasteiger partial charge >= 0.3 is 5.69 Å². The van der Waals surface area contributed by atoms with Crippen molar-refractivity contribution in [1.29, 1.82) is 0 Å². The van der Waals surface area contributed by atoms with Crippen LogP contribution >= 0.6 is 0 Å². The number of rotatable bonds is 7. The maximum absolute atomic E-state index is 12.0. The number of aryl methyl sites for hydroxylation is 1. The Hall–Kier alpha value is -1.96. The quantitative estimate of drug-likeness (QED) is 0.459. The fraction of sp³-hybridized carbons (Fsp3) is 0.667. The van der Waals surface area contributed by atoms with Crippen molar-refractivity contribution in [3.8, 4) is 0 Å². The topological polar surface area (TPSA) is 99.3 Å². The first-order valence-electron chi connectivity index (χ1n) is 6.36. The molecule has 0 saturated heterocycles. The first-order valence-corrected chi connectivity index (χ1v) is 6.36. The molecule has 1 aromatic rings. The third kappa shape index (κ3) is 3.53. The Morgan fingerprint density at radius 2 is 2.20 bits per heavy atom. The fourth-order valence-corrected chi connectivity index (χ4v) is 1.98.